The maximum atomic E-state index is 11.6. The highest BCUT2D eigenvalue weighted by Crippen LogP contribution is 2.35. The summed E-state index contributed by atoms with van der Waals surface area (Å²) in [5, 5.41) is 0. The van der Waals surface area contributed by atoms with Crippen LogP contribution in [0.1, 0.15) is 0 Å². The maximum Gasteiger partial charge on any atom is 0.276 e. The number of fused-ring (bicyclic) bond motifs is 2. The molecule has 7 heteroatoms. The first-order valence-corrected chi connectivity index (χ1v) is 5.65. The van der Waals surface area contributed by atoms with Gasteiger partial charge in [-0.05, 0) is 18.2 Å². The molecule has 94 valence electrons. The molecular formula is C12H8N4O3. The van der Waals surface area contributed by atoms with Crippen LogP contribution in [0.3, 0.4) is 0 Å². The second-order valence-electron chi connectivity index (χ2n) is 4.08. The lowest BCUT2D eigenvalue weighted by Crippen LogP contribution is -2.05. The van der Waals surface area contributed by atoms with E-state index in [0.29, 0.717) is 28.5 Å². The van der Waals surface area contributed by atoms with E-state index in [1.165, 1.54) is 6.33 Å². The van der Waals surface area contributed by atoms with Crippen LogP contribution in [0, 0.1) is 0 Å². The van der Waals surface area contributed by atoms with E-state index in [0.717, 1.165) is 5.56 Å². The Morgan fingerprint density at radius 1 is 1.21 bits per heavy atom. The highest BCUT2D eigenvalue weighted by atomic mass is 16.7. The van der Waals surface area contributed by atoms with Crippen molar-refractivity contribution in [3.63, 3.8) is 0 Å². The van der Waals surface area contributed by atoms with Gasteiger partial charge in [0.1, 0.15) is 5.82 Å². The number of hydrogen-bond acceptors (Lipinski definition) is 5. The van der Waals surface area contributed by atoms with Crippen LogP contribution in [0.15, 0.2) is 29.3 Å². The van der Waals surface area contributed by atoms with E-state index in [2.05, 4.69) is 19.9 Å². The topological polar surface area (TPSA) is 92.9 Å². The number of aromatic nitrogens is 4. The maximum absolute atomic E-state index is 11.6. The van der Waals surface area contributed by atoms with Crippen LogP contribution in [0.25, 0.3) is 22.6 Å². The van der Waals surface area contributed by atoms with Crippen molar-refractivity contribution in [1.82, 2.24) is 19.9 Å². The molecule has 3 aromatic rings. The molecule has 0 fully saturated rings. The lowest BCUT2D eigenvalue weighted by molar-refractivity contribution is 0.174. The Labute approximate surface area is 106 Å². The molecule has 3 heterocycles. The van der Waals surface area contributed by atoms with Gasteiger partial charge in [0, 0.05) is 5.56 Å². The summed E-state index contributed by atoms with van der Waals surface area (Å²) in [7, 11) is 0. The average Bonchev–Trinajstić information content (AvgIpc) is 3.04. The van der Waals surface area contributed by atoms with Crippen molar-refractivity contribution >= 4 is 11.2 Å². The van der Waals surface area contributed by atoms with E-state index in [1.54, 1.807) is 0 Å². The molecule has 0 aliphatic carbocycles. The highest BCUT2D eigenvalue weighted by molar-refractivity contribution is 5.75. The monoisotopic (exact) mass is 256 g/mol. The molecule has 2 aromatic heterocycles. The molecule has 0 saturated carbocycles. The van der Waals surface area contributed by atoms with Gasteiger partial charge in [0.15, 0.2) is 22.7 Å². The minimum Gasteiger partial charge on any atom is -0.454 e. The third-order valence-corrected chi connectivity index (χ3v) is 2.94. The van der Waals surface area contributed by atoms with Crippen LogP contribution in [0.2, 0.25) is 0 Å². The van der Waals surface area contributed by atoms with Crippen molar-refractivity contribution in [3.05, 3.63) is 34.9 Å². The molecule has 0 saturated heterocycles. The zero-order valence-electron chi connectivity index (χ0n) is 9.64. The SMILES string of the molecule is O=c1[nH]cnc2nc(-c3ccc4c(c3)OCO4)[nH]c12. The minimum atomic E-state index is -0.246. The number of H-pyrrole nitrogens is 2. The zero-order valence-corrected chi connectivity index (χ0v) is 9.64. The summed E-state index contributed by atoms with van der Waals surface area (Å²) in [6, 6.07) is 5.47. The molecule has 0 atom stereocenters. The van der Waals surface area contributed by atoms with Crippen LogP contribution in [-0.4, -0.2) is 26.7 Å². The largest absolute Gasteiger partial charge is 0.454 e. The molecule has 0 radical (unpaired) electrons. The Morgan fingerprint density at radius 2 is 2.11 bits per heavy atom. The van der Waals surface area contributed by atoms with E-state index in [4.69, 9.17) is 9.47 Å². The summed E-state index contributed by atoms with van der Waals surface area (Å²) < 4.78 is 10.6. The van der Waals surface area contributed by atoms with Crippen molar-refractivity contribution < 1.29 is 9.47 Å². The fourth-order valence-electron chi connectivity index (χ4n) is 2.02. The molecule has 0 unspecified atom stereocenters. The summed E-state index contributed by atoms with van der Waals surface area (Å²) >= 11 is 0. The Kier molecular flexibility index (Phi) is 1.91. The normalized spacial score (nSPS) is 13.1. The molecule has 0 spiro atoms. The fraction of sp³-hybridized carbons (Fsp3) is 0.0833. The number of nitrogens with one attached hydrogen (secondary N) is 2. The molecule has 0 bridgehead atoms. The Morgan fingerprint density at radius 3 is 3.00 bits per heavy atom. The lowest BCUT2D eigenvalue weighted by atomic mass is 10.2. The third-order valence-electron chi connectivity index (χ3n) is 2.94. The van der Waals surface area contributed by atoms with E-state index in [1.807, 2.05) is 18.2 Å². The van der Waals surface area contributed by atoms with E-state index < -0.39 is 0 Å². The van der Waals surface area contributed by atoms with Crippen molar-refractivity contribution in [2.24, 2.45) is 0 Å². The van der Waals surface area contributed by atoms with Gasteiger partial charge in [-0.25, -0.2) is 9.97 Å². The average molecular weight is 256 g/mol. The van der Waals surface area contributed by atoms with Gasteiger partial charge in [-0.1, -0.05) is 0 Å². The number of ether oxygens (including phenoxy) is 2. The second-order valence-corrected chi connectivity index (χ2v) is 4.08. The molecule has 2 N–H and O–H groups in total. The lowest BCUT2D eigenvalue weighted by Gasteiger charge is -1.98. The van der Waals surface area contributed by atoms with Crippen molar-refractivity contribution in [2.75, 3.05) is 6.79 Å². The molecular weight excluding hydrogens is 248 g/mol. The summed E-state index contributed by atoms with van der Waals surface area (Å²) in [6.07, 6.45) is 1.33. The first-order chi connectivity index (χ1) is 9.31. The quantitative estimate of drug-likeness (QED) is 0.678. The van der Waals surface area contributed by atoms with Gasteiger partial charge in [0.25, 0.3) is 5.56 Å². The molecule has 19 heavy (non-hydrogen) atoms. The highest BCUT2D eigenvalue weighted by Gasteiger charge is 2.16. The van der Waals surface area contributed by atoms with Crippen molar-refractivity contribution in [2.45, 2.75) is 0 Å². The van der Waals surface area contributed by atoms with Crippen LogP contribution in [0.5, 0.6) is 11.5 Å². The predicted octanol–water partition coefficient (Wildman–Crippen LogP) is 1.04. The van der Waals surface area contributed by atoms with Gasteiger partial charge in [0.2, 0.25) is 6.79 Å². The van der Waals surface area contributed by atoms with E-state index in [9.17, 15) is 4.79 Å². The molecule has 4 rings (SSSR count). The first kappa shape index (κ1) is 10.1. The van der Waals surface area contributed by atoms with Gasteiger partial charge in [-0.15, -0.1) is 0 Å². The predicted molar refractivity (Wildman–Crippen MR) is 66.1 cm³/mol. The first-order valence-electron chi connectivity index (χ1n) is 5.65. The molecule has 0 amide bonds. The standard InChI is InChI=1S/C12H8N4O3/c17-12-9-11(13-4-14-12)16-10(15-9)6-1-2-7-8(3-6)19-5-18-7/h1-4H,5H2,(H2,13,14,15,16,17). The van der Waals surface area contributed by atoms with Crippen molar-refractivity contribution in [3.8, 4) is 22.9 Å². The molecule has 1 aliphatic heterocycles. The summed E-state index contributed by atoms with van der Waals surface area (Å²) in [5.74, 6) is 1.94. The number of imidazole rings is 1. The molecule has 1 aliphatic rings. The number of nitrogens with zero attached hydrogens (tertiary/aromatic N) is 2. The minimum absolute atomic E-state index is 0.222. The second kappa shape index (κ2) is 3.58. The van der Waals surface area contributed by atoms with Crippen LogP contribution >= 0.6 is 0 Å². The summed E-state index contributed by atoms with van der Waals surface area (Å²) in [4.78, 5) is 25.3. The number of hydrogen-bond donors (Lipinski definition) is 2. The van der Waals surface area contributed by atoms with Gasteiger partial charge in [-0.3, -0.25) is 4.79 Å². The van der Waals surface area contributed by atoms with Gasteiger partial charge in [0.05, 0.1) is 6.33 Å². The Balaban J connectivity index is 1.90. The van der Waals surface area contributed by atoms with Crippen LogP contribution in [0.4, 0.5) is 0 Å². The zero-order chi connectivity index (χ0) is 12.8. The van der Waals surface area contributed by atoms with Crippen molar-refractivity contribution in [1.29, 1.82) is 0 Å². The van der Waals surface area contributed by atoms with Gasteiger partial charge >= 0.3 is 0 Å². The molecule has 1 aromatic carbocycles. The van der Waals surface area contributed by atoms with Gasteiger partial charge < -0.3 is 19.4 Å². The Bertz CT molecular complexity index is 836. The third kappa shape index (κ3) is 1.48. The van der Waals surface area contributed by atoms with Crippen LogP contribution < -0.4 is 15.0 Å². The van der Waals surface area contributed by atoms with Crippen LogP contribution in [-0.2, 0) is 0 Å². The number of aromatic amines is 2. The van der Waals surface area contributed by atoms with Gasteiger partial charge in [-0.2, -0.15) is 0 Å². The smallest absolute Gasteiger partial charge is 0.276 e. The number of rotatable bonds is 1. The van der Waals surface area contributed by atoms with E-state index in [-0.39, 0.29) is 12.4 Å². The fourth-order valence-corrected chi connectivity index (χ4v) is 2.02. The summed E-state index contributed by atoms with van der Waals surface area (Å²) in [5.41, 5.74) is 1.30. The number of benzene rings is 1. The Hall–Kier alpha value is -2.83. The summed E-state index contributed by atoms with van der Waals surface area (Å²) in [6.45, 7) is 0.222. The molecule has 7 nitrogen and oxygen atoms in total. The van der Waals surface area contributed by atoms with E-state index >= 15 is 0 Å².